The number of carboxylic acid groups (broad SMARTS) is 1. The van der Waals surface area contributed by atoms with Crippen molar-refractivity contribution in [1.29, 1.82) is 0 Å². The minimum absolute atomic E-state index is 0.141. The summed E-state index contributed by atoms with van der Waals surface area (Å²) in [5.41, 5.74) is 1.37. The maximum atomic E-state index is 11.0. The number of tetrazole rings is 1. The van der Waals surface area contributed by atoms with Gasteiger partial charge in [-0.15, -0.1) is 5.10 Å². The number of hydrogen-bond acceptors (Lipinski definition) is 6. The average molecular weight is 271 g/mol. The molecule has 3 aromatic rings. The summed E-state index contributed by atoms with van der Waals surface area (Å²) in [5.74, 6) is -0.304. The van der Waals surface area contributed by atoms with Crippen molar-refractivity contribution in [3.8, 4) is 11.6 Å². The van der Waals surface area contributed by atoms with E-state index in [0.29, 0.717) is 17.3 Å². The van der Waals surface area contributed by atoms with Crippen LogP contribution in [-0.2, 0) is 0 Å². The van der Waals surface area contributed by atoms with Gasteiger partial charge >= 0.3 is 5.97 Å². The first-order valence-corrected chi connectivity index (χ1v) is 5.69. The minimum Gasteiger partial charge on any atom is -0.478 e. The van der Waals surface area contributed by atoms with E-state index >= 15 is 0 Å². The van der Waals surface area contributed by atoms with Gasteiger partial charge in [0.15, 0.2) is 0 Å². The molecule has 0 bridgehead atoms. The van der Waals surface area contributed by atoms with Gasteiger partial charge in [-0.2, -0.15) is 4.52 Å². The summed E-state index contributed by atoms with van der Waals surface area (Å²) < 4.78 is 7.04. The highest BCUT2D eigenvalue weighted by atomic mass is 16.5. The summed E-state index contributed by atoms with van der Waals surface area (Å²) in [4.78, 5) is 14.9. The quantitative estimate of drug-likeness (QED) is 0.766. The zero-order valence-electron chi connectivity index (χ0n) is 10.4. The van der Waals surface area contributed by atoms with E-state index in [-0.39, 0.29) is 5.56 Å². The van der Waals surface area contributed by atoms with Gasteiger partial charge < -0.3 is 9.84 Å². The lowest BCUT2D eigenvalue weighted by atomic mass is 10.1. The molecule has 1 N–H and O–H groups in total. The van der Waals surface area contributed by atoms with Gasteiger partial charge in [0, 0.05) is 0 Å². The van der Waals surface area contributed by atoms with Crippen molar-refractivity contribution in [2.45, 2.75) is 6.92 Å². The Labute approximate surface area is 112 Å². The van der Waals surface area contributed by atoms with Crippen molar-refractivity contribution < 1.29 is 14.6 Å². The van der Waals surface area contributed by atoms with Crippen LogP contribution < -0.4 is 4.74 Å². The largest absolute Gasteiger partial charge is 0.478 e. The van der Waals surface area contributed by atoms with E-state index < -0.39 is 5.97 Å². The summed E-state index contributed by atoms with van der Waals surface area (Å²) in [6.45, 7) is 1.81. The molecule has 100 valence electrons. The standard InChI is InChI=1S/C12H9N5O3/c1-7-2-3-8(12(18)19)4-9(7)20-11-6-13-5-10-14-15-16-17(10)11/h2-6H,1H3,(H,18,19). The number of carboxylic acids is 1. The van der Waals surface area contributed by atoms with Gasteiger partial charge in [-0.1, -0.05) is 6.07 Å². The summed E-state index contributed by atoms with van der Waals surface area (Å²) in [5, 5.41) is 20.1. The molecule has 2 heterocycles. The van der Waals surface area contributed by atoms with Crippen LogP contribution in [0.15, 0.2) is 30.6 Å². The van der Waals surface area contributed by atoms with Crippen LogP contribution in [0.1, 0.15) is 15.9 Å². The number of aromatic carboxylic acids is 1. The van der Waals surface area contributed by atoms with Crippen LogP contribution in [0.5, 0.6) is 11.6 Å². The van der Waals surface area contributed by atoms with Crippen LogP contribution in [-0.4, -0.2) is 36.1 Å². The lowest BCUT2D eigenvalue weighted by Gasteiger charge is -2.09. The van der Waals surface area contributed by atoms with Gasteiger partial charge in [0.2, 0.25) is 11.5 Å². The number of aryl methyl sites for hydroxylation is 1. The smallest absolute Gasteiger partial charge is 0.335 e. The topological polar surface area (TPSA) is 102 Å². The highest BCUT2D eigenvalue weighted by molar-refractivity contribution is 5.88. The number of carbonyl (C=O) groups is 1. The van der Waals surface area contributed by atoms with Crippen LogP contribution in [0.4, 0.5) is 0 Å². The fraction of sp³-hybridized carbons (Fsp3) is 0.0833. The maximum Gasteiger partial charge on any atom is 0.335 e. The third-order valence-electron chi connectivity index (χ3n) is 2.73. The molecule has 0 aliphatic heterocycles. The van der Waals surface area contributed by atoms with Crippen molar-refractivity contribution in [2.75, 3.05) is 0 Å². The van der Waals surface area contributed by atoms with Gasteiger partial charge in [0.05, 0.1) is 18.0 Å². The SMILES string of the molecule is Cc1ccc(C(=O)O)cc1Oc1cncc2nnnn12. The molecule has 1 aromatic carbocycles. The second-order valence-corrected chi connectivity index (χ2v) is 4.08. The van der Waals surface area contributed by atoms with Crippen LogP contribution in [0.3, 0.4) is 0 Å². The first-order valence-electron chi connectivity index (χ1n) is 5.69. The Hall–Kier alpha value is -3.03. The molecule has 0 spiro atoms. The fourth-order valence-electron chi connectivity index (χ4n) is 1.68. The highest BCUT2D eigenvalue weighted by Gasteiger charge is 2.11. The Bertz CT molecular complexity index is 799. The molecule has 0 atom stereocenters. The van der Waals surface area contributed by atoms with E-state index in [0.717, 1.165) is 5.56 Å². The molecule has 0 saturated heterocycles. The van der Waals surface area contributed by atoms with E-state index in [1.54, 1.807) is 6.07 Å². The summed E-state index contributed by atoms with van der Waals surface area (Å²) >= 11 is 0. The molecule has 3 rings (SSSR count). The zero-order valence-corrected chi connectivity index (χ0v) is 10.4. The predicted octanol–water partition coefficient (Wildman–Crippen LogP) is 1.32. The second kappa shape index (κ2) is 4.57. The molecule has 0 aliphatic rings. The third-order valence-corrected chi connectivity index (χ3v) is 2.73. The molecular formula is C12H9N5O3. The number of fused-ring (bicyclic) bond motifs is 1. The van der Waals surface area contributed by atoms with Gasteiger partial charge in [0.25, 0.3) is 0 Å². The van der Waals surface area contributed by atoms with Crippen LogP contribution in [0, 0.1) is 6.92 Å². The van der Waals surface area contributed by atoms with Crippen LogP contribution in [0.2, 0.25) is 0 Å². The van der Waals surface area contributed by atoms with Gasteiger partial charge in [-0.05, 0) is 35.0 Å². The maximum absolute atomic E-state index is 11.0. The Morgan fingerprint density at radius 1 is 1.35 bits per heavy atom. The van der Waals surface area contributed by atoms with Crippen molar-refractivity contribution in [1.82, 2.24) is 25.0 Å². The normalized spacial score (nSPS) is 10.7. The molecule has 0 amide bonds. The van der Waals surface area contributed by atoms with Crippen LogP contribution >= 0.6 is 0 Å². The molecule has 0 aliphatic carbocycles. The number of ether oxygens (including phenoxy) is 1. The molecular weight excluding hydrogens is 262 g/mol. The first kappa shape index (κ1) is 12.0. The molecule has 20 heavy (non-hydrogen) atoms. The van der Waals surface area contributed by atoms with Gasteiger partial charge in [-0.25, -0.2) is 4.79 Å². The minimum atomic E-state index is -1.02. The van der Waals surface area contributed by atoms with Crippen molar-refractivity contribution >= 4 is 11.6 Å². The Morgan fingerprint density at radius 3 is 3.00 bits per heavy atom. The first-order chi connectivity index (χ1) is 9.65. The van der Waals surface area contributed by atoms with E-state index in [4.69, 9.17) is 9.84 Å². The number of nitrogens with zero attached hydrogens (tertiary/aromatic N) is 5. The van der Waals surface area contributed by atoms with Crippen molar-refractivity contribution in [2.24, 2.45) is 0 Å². The van der Waals surface area contributed by atoms with E-state index in [2.05, 4.69) is 20.5 Å². The number of benzene rings is 1. The molecule has 0 saturated carbocycles. The molecule has 0 unspecified atom stereocenters. The summed E-state index contributed by atoms with van der Waals surface area (Å²) in [6.07, 6.45) is 2.95. The van der Waals surface area contributed by atoms with Gasteiger partial charge in [0.1, 0.15) is 5.75 Å². The molecule has 8 nitrogen and oxygen atoms in total. The highest BCUT2D eigenvalue weighted by Crippen LogP contribution is 2.25. The van der Waals surface area contributed by atoms with Crippen molar-refractivity contribution in [3.05, 3.63) is 41.7 Å². The monoisotopic (exact) mass is 271 g/mol. The van der Waals surface area contributed by atoms with E-state index in [1.807, 2.05) is 6.92 Å². The lowest BCUT2D eigenvalue weighted by molar-refractivity contribution is 0.0696. The fourth-order valence-corrected chi connectivity index (χ4v) is 1.68. The van der Waals surface area contributed by atoms with Gasteiger partial charge in [-0.3, -0.25) is 4.98 Å². The summed E-state index contributed by atoms with van der Waals surface area (Å²) in [7, 11) is 0. The van der Waals surface area contributed by atoms with E-state index in [1.165, 1.54) is 29.0 Å². The second-order valence-electron chi connectivity index (χ2n) is 4.08. The predicted molar refractivity (Wildman–Crippen MR) is 66.8 cm³/mol. The molecule has 0 fully saturated rings. The van der Waals surface area contributed by atoms with Crippen molar-refractivity contribution in [3.63, 3.8) is 0 Å². The third kappa shape index (κ3) is 2.03. The zero-order chi connectivity index (χ0) is 14.1. The number of aromatic nitrogens is 5. The molecule has 8 heteroatoms. The lowest BCUT2D eigenvalue weighted by Crippen LogP contribution is -2.00. The average Bonchev–Trinajstić information content (AvgIpc) is 2.90. The summed E-state index contributed by atoms with van der Waals surface area (Å²) in [6, 6.07) is 4.63. The Morgan fingerprint density at radius 2 is 2.20 bits per heavy atom. The molecule has 2 aromatic heterocycles. The Balaban J connectivity index is 2.04. The van der Waals surface area contributed by atoms with Crippen LogP contribution in [0.25, 0.3) is 5.65 Å². The van der Waals surface area contributed by atoms with E-state index in [9.17, 15) is 4.79 Å². The Kier molecular flexibility index (Phi) is 2.75. The number of hydrogen-bond donors (Lipinski definition) is 1. The molecule has 0 radical (unpaired) electrons. The number of rotatable bonds is 3.